The van der Waals surface area contributed by atoms with Gasteiger partial charge in [0.05, 0.1) is 31.1 Å². The Bertz CT molecular complexity index is 559. The van der Waals surface area contributed by atoms with Crippen LogP contribution in [0.3, 0.4) is 0 Å². The molecule has 0 amide bonds. The fourth-order valence-electron chi connectivity index (χ4n) is 3.04. The Morgan fingerprint density at radius 3 is 2.64 bits per heavy atom. The highest BCUT2D eigenvalue weighted by Gasteiger charge is 2.15. The molecule has 0 atom stereocenters. The molecule has 1 aliphatic heterocycles. The summed E-state index contributed by atoms with van der Waals surface area (Å²) >= 11 is 1.50. The summed E-state index contributed by atoms with van der Waals surface area (Å²) in [5, 5.41) is 10.6. The van der Waals surface area contributed by atoms with E-state index >= 15 is 0 Å². The number of nitrogens with zero attached hydrogens (tertiary/aromatic N) is 1. The summed E-state index contributed by atoms with van der Waals surface area (Å²) in [7, 11) is 0. The Kier molecular flexibility index (Phi) is 9.36. The lowest BCUT2D eigenvalue weighted by Gasteiger charge is -2.23. The number of morpholine rings is 1. The van der Waals surface area contributed by atoms with Crippen molar-refractivity contribution in [3.8, 4) is 5.88 Å². The fraction of sp³-hybridized carbons (Fsp3) is 0.778. The third kappa shape index (κ3) is 7.38. The molecule has 1 fully saturated rings. The van der Waals surface area contributed by atoms with Crippen molar-refractivity contribution in [1.29, 1.82) is 0 Å². The number of rotatable bonds is 11. The Hall–Kier alpha value is -1.05. The molecule has 0 unspecified atom stereocenters. The topological polar surface area (TPSA) is 79.7 Å². The van der Waals surface area contributed by atoms with E-state index in [2.05, 4.69) is 16.9 Å². The first-order chi connectivity index (χ1) is 12.2. The molecule has 3 N–H and O–H groups in total. The van der Waals surface area contributed by atoms with Gasteiger partial charge in [0.2, 0.25) is 5.88 Å². The predicted molar refractivity (Wildman–Crippen MR) is 101 cm³/mol. The molecule has 25 heavy (non-hydrogen) atoms. The van der Waals surface area contributed by atoms with Crippen LogP contribution in [0.2, 0.25) is 0 Å². The van der Waals surface area contributed by atoms with Crippen LogP contribution >= 0.6 is 11.8 Å². The molecule has 1 aromatic heterocycles. The lowest BCUT2D eigenvalue weighted by atomic mass is 10.1. The van der Waals surface area contributed by atoms with Gasteiger partial charge >= 0.3 is 0 Å². The lowest BCUT2D eigenvalue weighted by molar-refractivity contribution is -0.905. The minimum absolute atomic E-state index is 0.0986. The number of aromatic amines is 1. The van der Waals surface area contributed by atoms with Crippen LogP contribution in [0.15, 0.2) is 9.95 Å². The van der Waals surface area contributed by atoms with Crippen LogP contribution in [-0.2, 0) is 11.2 Å². The molecular formula is C18H32N3O3S+. The normalized spacial score (nSPS) is 15.6. The first-order valence-electron chi connectivity index (χ1n) is 9.57. The molecule has 2 heterocycles. The molecule has 6 nitrogen and oxygen atoms in total. The largest absolute Gasteiger partial charge is 0.493 e. The van der Waals surface area contributed by atoms with Gasteiger partial charge in [0.15, 0.2) is 5.16 Å². The van der Waals surface area contributed by atoms with Crippen molar-refractivity contribution >= 4 is 11.8 Å². The molecule has 2 rings (SSSR count). The van der Waals surface area contributed by atoms with Crippen LogP contribution in [0.1, 0.15) is 51.0 Å². The van der Waals surface area contributed by atoms with Crippen molar-refractivity contribution in [3.63, 3.8) is 0 Å². The van der Waals surface area contributed by atoms with Crippen molar-refractivity contribution in [2.75, 3.05) is 38.6 Å². The summed E-state index contributed by atoms with van der Waals surface area (Å²) in [6.07, 6.45) is 7.56. The van der Waals surface area contributed by atoms with Gasteiger partial charge in [0, 0.05) is 0 Å². The van der Waals surface area contributed by atoms with Crippen molar-refractivity contribution < 1.29 is 14.7 Å². The molecule has 1 saturated heterocycles. The van der Waals surface area contributed by atoms with E-state index in [-0.39, 0.29) is 11.4 Å². The van der Waals surface area contributed by atoms with Gasteiger partial charge in [-0.2, -0.15) is 4.98 Å². The third-order valence-corrected chi connectivity index (χ3v) is 5.52. The zero-order chi connectivity index (χ0) is 17.9. The van der Waals surface area contributed by atoms with Gasteiger partial charge in [0.1, 0.15) is 13.1 Å². The number of nitrogens with one attached hydrogen (secondary N) is 2. The molecular weight excluding hydrogens is 338 g/mol. The van der Waals surface area contributed by atoms with Crippen molar-refractivity contribution in [1.82, 2.24) is 9.97 Å². The van der Waals surface area contributed by atoms with Crippen LogP contribution in [0.5, 0.6) is 5.88 Å². The SMILES string of the molecule is CCCCCCCCc1c(O)nc(SCC[NH+]2CCOCC2)[nH]c1=O. The van der Waals surface area contributed by atoms with Crippen molar-refractivity contribution in [2.24, 2.45) is 0 Å². The molecule has 0 aromatic carbocycles. The first kappa shape index (κ1) is 20.3. The van der Waals surface area contributed by atoms with Crippen molar-refractivity contribution in [2.45, 2.75) is 57.0 Å². The van der Waals surface area contributed by atoms with E-state index in [0.717, 1.165) is 51.4 Å². The Balaban J connectivity index is 1.75. The zero-order valence-electron chi connectivity index (χ0n) is 15.3. The van der Waals surface area contributed by atoms with Gasteiger partial charge in [-0.05, 0) is 12.8 Å². The van der Waals surface area contributed by atoms with Gasteiger partial charge in [-0.3, -0.25) is 4.79 Å². The minimum atomic E-state index is -0.192. The second-order valence-corrected chi connectivity index (χ2v) is 7.74. The molecule has 1 aliphatic rings. The van der Waals surface area contributed by atoms with E-state index in [4.69, 9.17) is 4.74 Å². The summed E-state index contributed by atoms with van der Waals surface area (Å²) < 4.78 is 5.35. The molecule has 7 heteroatoms. The summed E-state index contributed by atoms with van der Waals surface area (Å²) in [6, 6.07) is 0. The summed E-state index contributed by atoms with van der Waals surface area (Å²) in [5.41, 5.74) is 0.237. The number of H-pyrrole nitrogens is 1. The number of aromatic nitrogens is 2. The van der Waals surface area contributed by atoms with Gasteiger partial charge in [-0.25, -0.2) is 0 Å². The number of aromatic hydroxyl groups is 1. The van der Waals surface area contributed by atoms with Crippen LogP contribution in [0, 0.1) is 0 Å². The minimum Gasteiger partial charge on any atom is -0.493 e. The molecule has 0 aliphatic carbocycles. The molecule has 0 saturated carbocycles. The second-order valence-electron chi connectivity index (χ2n) is 6.65. The predicted octanol–water partition coefficient (Wildman–Crippen LogP) is 1.39. The highest BCUT2D eigenvalue weighted by molar-refractivity contribution is 7.99. The average Bonchev–Trinajstić information content (AvgIpc) is 2.61. The number of hydrogen-bond acceptors (Lipinski definition) is 5. The number of thioether (sulfide) groups is 1. The van der Waals surface area contributed by atoms with Crippen LogP contribution < -0.4 is 10.5 Å². The van der Waals surface area contributed by atoms with E-state index in [1.54, 1.807) is 0 Å². The summed E-state index contributed by atoms with van der Waals surface area (Å²) in [4.78, 5) is 20.7. The molecule has 142 valence electrons. The highest BCUT2D eigenvalue weighted by Crippen LogP contribution is 2.18. The van der Waals surface area contributed by atoms with Crippen LogP contribution in [0.4, 0.5) is 0 Å². The maximum Gasteiger partial charge on any atom is 0.258 e. The molecule has 0 radical (unpaired) electrons. The Morgan fingerprint density at radius 1 is 1.20 bits per heavy atom. The summed E-state index contributed by atoms with van der Waals surface area (Å²) in [5.74, 6) is 0.771. The Labute approximate surface area is 154 Å². The van der Waals surface area contributed by atoms with E-state index < -0.39 is 0 Å². The van der Waals surface area contributed by atoms with E-state index in [9.17, 15) is 9.90 Å². The molecule has 0 spiro atoms. The number of quaternary nitrogens is 1. The van der Waals surface area contributed by atoms with Gasteiger partial charge < -0.3 is 19.7 Å². The summed E-state index contributed by atoms with van der Waals surface area (Å²) in [6.45, 7) is 6.93. The van der Waals surface area contributed by atoms with Crippen LogP contribution in [0.25, 0.3) is 0 Å². The molecule has 0 bridgehead atoms. The van der Waals surface area contributed by atoms with E-state index in [1.165, 1.54) is 42.3 Å². The van der Waals surface area contributed by atoms with Gasteiger partial charge in [0.25, 0.3) is 5.56 Å². The van der Waals surface area contributed by atoms with Gasteiger partial charge in [-0.15, -0.1) is 0 Å². The lowest BCUT2D eigenvalue weighted by Crippen LogP contribution is -3.14. The monoisotopic (exact) mass is 370 g/mol. The maximum absolute atomic E-state index is 12.2. The maximum atomic E-state index is 12.2. The van der Waals surface area contributed by atoms with Crippen molar-refractivity contribution in [3.05, 3.63) is 15.9 Å². The van der Waals surface area contributed by atoms with E-state index in [0.29, 0.717) is 17.1 Å². The quantitative estimate of drug-likeness (QED) is 0.312. The number of hydrogen-bond donors (Lipinski definition) is 3. The first-order valence-corrected chi connectivity index (χ1v) is 10.6. The highest BCUT2D eigenvalue weighted by atomic mass is 32.2. The molecule has 1 aromatic rings. The Morgan fingerprint density at radius 2 is 1.92 bits per heavy atom. The standard InChI is InChI=1S/C18H31N3O3S/c1-2-3-4-5-6-7-8-15-16(22)19-18(20-17(15)23)25-14-11-21-9-12-24-13-10-21/h2-14H2,1H3,(H2,19,20,22,23)/p+1. The number of ether oxygens (including phenoxy) is 1. The second kappa shape index (κ2) is 11.5. The van der Waals surface area contributed by atoms with Crippen LogP contribution in [-0.4, -0.2) is 53.7 Å². The number of unbranched alkanes of at least 4 members (excludes halogenated alkanes) is 5. The zero-order valence-corrected chi connectivity index (χ0v) is 16.1. The van der Waals surface area contributed by atoms with Gasteiger partial charge in [-0.1, -0.05) is 50.8 Å². The fourth-order valence-corrected chi connectivity index (χ4v) is 3.94. The smallest absolute Gasteiger partial charge is 0.258 e. The third-order valence-electron chi connectivity index (χ3n) is 4.65. The van der Waals surface area contributed by atoms with E-state index in [1.807, 2.05) is 0 Å². The average molecular weight is 371 g/mol.